The molecular weight excluding hydrogens is 763 g/mol. The van der Waals surface area contributed by atoms with Crippen LogP contribution in [0.5, 0.6) is 0 Å². The normalized spacial score (nSPS) is 11.8. The van der Waals surface area contributed by atoms with E-state index >= 15 is 0 Å². The van der Waals surface area contributed by atoms with Crippen LogP contribution in [-0.4, -0.2) is 13.7 Å². The molecule has 0 radical (unpaired) electrons. The fourth-order valence-electron chi connectivity index (χ4n) is 10.2. The zero-order chi connectivity index (χ0) is 41.4. The molecule has 0 saturated heterocycles. The second-order valence-corrected chi connectivity index (χ2v) is 16.5. The van der Waals surface area contributed by atoms with Crippen LogP contribution in [0.3, 0.4) is 0 Å². The Morgan fingerprint density at radius 1 is 0.206 bits per heavy atom. The number of hydrogen-bond acceptors (Lipinski definition) is 0. The van der Waals surface area contributed by atoms with Crippen LogP contribution in [-0.2, 0) is 0 Å². The lowest BCUT2D eigenvalue weighted by Crippen LogP contribution is -2.01. The largest absolute Gasteiger partial charge is 0.309 e. The van der Waals surface area contributed by atoms with Crippen LogP contribution in [0.4, 0.5) is 0 Å². The van der Waals surface area contributed by atoms with Crippen LogP contribution >= 0.6 is 0 Å². The van der Waals surface area contributed by atoms with Gasteiger partial charge in [-0.3, -0.25) is 0 Å². The van der Waals surface area contributed by atoms with Crippen molar-refractivity contribution in [3.8, 4) is 50.4 Å². The number of rotatable bonds is 6. The number of hydrogen-bond donors (Lipinski definition) is 0. The molecular formula is C60H39N3. The second kappa shape index (κ2) is 14.1. The van der Waals surface area contributed by atoms with E-state index in [0.717, 1.165) is 22.6 Å². The Bertz CT molecular complexity index is 3850. The summed E-state index contributed by atoms with van der Waals surface area (Å²) in [4.78, 5) is 0. The Balaban J connectivity index is 1.06. The zero-order valence-corrected chi connectivity index (χ0v) is 34.4. The van der Waals surface area contributed by atoms with Gasteiger partial charge in [0.2, 0.25) is 0 Å². The van der Waals surface area contributed by atoms with E-state index in [1.807, 2.05) is 0 Å². The van der Waals surface area contributed by atoms with Gasteiger partial charge < -0.3 is 13.7 Å². The van der Waals surface area contributed by atoms with Crippen LogP contribution in [0, 0.1) is 0 Å². The Labute approximate surface area is 364 Å². The van der Waals surface area contributed by atoms with Crippen molar-refractivity contribution in [3.63, 3.8) is 0 Å². The minimum Gasteiger partial charge on any atom is -0.309 e. The van der Waals surface area contributed by atoms with Gasteiger partial charge in [-0.25, -0.2) is 0 Å². The predicted octanol–water partition coefficient (Wildman–Crippen LogP) is 16.0. The number of fused-ring (bicyclic) bond motifs is 9. The second-order valence-electron chi connectivity index (χ2n) is 16.5. The molecule has 0 atom stereocenters. The van der Waals surface area contributed by atoms with Gasteiger partial charge in [-0.15, -0.1) is 0 Å². The molecule has 3 heteroatoms. The van der Waals surface area contributed by atoms with Crippen LogP contribution in [0.25, 0.3) is 116 Å². The average molecular weight is 802 g/mol. The first-order valence-corrected chi connectivity index (χ1v) is 21.7. The molecule has 0 aliphatic carbocycles. The first-order chi connectivity index (χ1) is 31.3. The Kier molecular flexibility index (Phi) is 7.91. The molecule has 0 spiro atoms. The lowest BCUT2D eigenvalue weighted by Gasteiger charge is -2.16. The van der Waals surface area contributed by atoms with E-state index in [-0.39, 0.29) is 0 Å². The van der Waals surface area contributed by atoms with Gasteiger partial charge in [0.15, 0.2) is 0 Å². The number of para-hydroxylation sites is 5. The van der Waals surface area contributed by atoms with Crippen molar-refractivity contribution in [1.82, 2.24) is 13.7 Å². The topological polar surface area (TPSA) is 14.8 Å². The lowest BCUT2D eigenvalue weighted by molar-refractivity contribution is 1.13. The first-order valence-electron chi connectivity index (χ1n) is 21.7. The van der Waals surface area contributed by atoms with Gasteiger partial charge in [0.25, 0.3) is 0 Å². The summed E-state index contributed by atoms with van der Waals surface area (Å²) in [6.07, 6.45) is 0. The molecule has 3 heterocycles. The monoisotopic (exact) mass is 801 g/mol. The van der Waals surface area contributed by atoms with Crippen molar-refractivity contribution in [2.45, 2.75) is 0 Å². The number of aromatic nitrogens is 3. The highest BCUT2D eigenvalue weighted by atomic mass is 15.1. The van der Waals surface area contributed by atoms with Crippen LogP contribution in [0.15, 0.2) is 237 Å². The quantitative estimate of drug-likeness (QED) is 0.159. The zero-order valence-electron chi connectivity index (χ0n) is 34.4. The maximum Gasteiger partial charge on any atom is 0.0782 e. The van der Waals surface area contributed by atoms with Crippen molar-refractivity contribution in [2.75, 3.05) is 0 Å². The minimum atomic E-state index is 1.13. The molecule has 0 aliphatic heterocycles. The molecule has 3 nitrogen and oxygen atoms in total. The highest BCUT2D eigenvalue weighted by Crippen LogP contribution is 2.42. The fraction of sp³-hybridized carbons (Fsp3) is 0. The van der Waals surface area contributed by atoms with E-state index in [4.69, 9.17) is 0 Å². The minimum absolute atomic E-state index is 1.13. The highest BCUT2D eigenvalue weighted by Gasteiger charge is 2.21. The molecule has 294 valence electrons. The summed E-state index contributed by atoms with van der Waals surface area (Å²) in [5, 5.41) is 7.40. The van der Waals surface area contributed by atoms with Gasteiger partial charge in [0, 0.05) is 43.7 Å². The molecule has 10 aromatic carbocycles. The van der Waals surface area contributed by atoms with E-state index in [2.05, 4.69) is 250 Å². The van der Waals surface area contributed by atoms with Crippen molar-refractivity contribution < 1.29 is 0 Å². The molecule has 0 N–H and O–H groups in total. The molecule has 63 heavy (non-hydrogen) atoms. The van der Waals surface area contributed by atoms with Crippen molar-refractivity contribution >= 4 is 65.4 Å². The predicted molar refractivity (Wildman–Crippen MR) is 266 cm³/mol. The van der Waals surface area contributed by atoms with Crippen LogP contribution in [0.2, 0.25) is 0 Å². The average Bonchev–Trinajstić information content (AvgIpc) is 4.00. The van der Waals surface area contributed by atoms with E-state index in [1.54, 1.807) is 0 Å². The van der Waals surface area contributed by atoms with Crippen LogP contribution in [0.1, 0.15) is 0 Å². The summed E-state index contributed by atoms with van der Waals surface area (Å²) in [5.74, 6) is 0. The highest BCUT2D eigenvalue weighted by molar-refractivity contribution is 6.16. The van der Waals surface area contributed by atoms with Gasteiger partial charge in [0.05, 0.1) is 38.8 Å². The summed E-state index contributed by atoms with van der Waals surface area (Å²) >= 11 is 0. The SMILES string of the molecule is c1ccc(-c2cccc(-c3cc(-c4ccccc4)cc(-n4c5ccccc5c5cc(-n6c7ccccc7c7cccc(-n8c9ccccc9c9ccccc98)c76)ccc54)c3)c2)cc1. The lowest BCUT2D eigenvalue weighted by atomic mass is 9.95. The summed E-state index contributed by atoms with van der Waals surface area (Å²) in [6.45, 7) is 0. The summed E-state index contributed by atoms with van der Waals surface area (Å²) in [6, 6.07) is 86.5. The Hall–Kier alpha value is -8.40. The molecule has 13 aromatic rings. The molecule has 3 aromatic heterocycles. The van der Waals surface area contributed by atoms with E-state index < -0.39 is 0 Å². The summed E-state index contributed by atoms with van der Waals surface area (Å²) < 4.78 is 7.41. The molecule has 0 amide bonds. The maximum absolute atomic E-state index is 2.49. The van der Waals surface area contributed by atoms with Crippen LogP contribution < -0.4 is 0 Å². The molecule has 0 aliphatic rings. The summed E-state index contributed by atoms with van der Waals surface area (Å²) in [7, 11) is 0. The first kappa shape index (κ1) is 35.4. The molecule has 0 unspecified atom stereocenters. The fourth-order valence-corrected chi connectivity index (χ4v) is 10.2. The van der Waals surface area contributed by atoms with E-state index in [0.29, 0.717) is 0 Å². The van der Waals surface area contributed by atoms with Crippen molar-refractivity contribution in [2.24, 2.45) is 0 Å². The van der Waals surface area contributed by atoms with Gasteiger partial charge in [-0.05, 0) is 106 Å². The third kappa shape index (κ3) is 5.53. The number of benzene rings is 10. The smallest absolute Gasteiger partial charge is 0.0782 e. The standard InChI is InChI=1S/C60H39N3/c1-3-17-40(18-4-1)42-21-15-22-43(35-42)45-36-44(41-19-5-2-6-20-41)37-47(38-45)61-54-28-11-10-26-51(54)53-39-46(33-34-58(53)61)62-55-29-12-9-25-50(55)52-27-16-32-59(60(52)62)63-56-30-13-7-23-48(56)49-24-8-14-31-57(49)63/h1-39H. The maximum atomic E-state index is 2.49. The Morgan fingerprint density at radius 2 is 0.619 bits per heavy atom. The molecule has 13 rings (SSSR count). The van der Waals surface area contributed by atoms with Gasteiger partial charge in [-0.1, -0.05) is 164 Å². The third-order valence-electron chi connectivity index (χ3n) is 13.0. The Morgan fingerprint density at radius 3 is 1.25 bits per heavy atom. The van der Waals surface area contributed by atoms with E-state index in [9.17, 15) is 0 Å². The van der Waals surface area contributed by atoms with Gasteiger partial charge in [0.1, 0.15) is 0 Å². The van der Waals surface area contributed by atoms with E-state index in [1.165, 1.54) is 93.3 Å². The number of nitrogens with zero attached hydrogens (tertiary/aromatic N) is 3. The summed E-state index contributed by atoms with van der Waals surface area (Å²) in [5.41, 5.74) is 17.7. The van der Waals surface area contributed by atoms with Crippen molar-refractivity contribution in [3.05, 3.63) is 237 Å². The molecule has 0 fully saturated rings. The molecule has 0 bridgehead atoms. The molecule has 0 saturated carbocycles. The van der Waals surface area contributed by atoms with Gasteiger partial charge >= 0.3 is 0 Å². The van der Waals surface area contributed by atoms with Crippen molar-refractivity contribution in [1.29, 1.82) is 0 Å². The third-order valence-corrected chi connectivity index (χ3v) is 13.0. The van der Waals surface area contributed by atoms with Gasteiger partial charge in [-0.2, -0.15) is 0 Å².